The highest BCUT2D eigenvalue weighted by Crippen LogP contribution is 2.47. The van der Waals surface area contributed by atoms with Crippen molar-refractivity contribution in [1.29, 1.82) is 0 Å². The average Bonchev–Trinajstić information content (AvgIpc) is 3.39. The fourth-order valence-electron chi connectivity index (χ4n) is 9.27. The molecule has 0 bridgehead atoms. The number of aliphatic hydroxyl groups excluding tert-OH is 5. The number of phosphoric acid groups is 1. The Morgan fingerprint density at radius 2 is 0.693 bits per heavy atom. The molecule has 6 N–H and O–H groups in total. The lowest BCUT2D eigenvalue weighted by Crippen LogP contribution is -2.64. The Balaban J connectivity index is 2.36. The van der Waals surface area contributed by atoms with Gasteiger partial charge in [0.2, 0.25) is 0 Å². The molecule has 0 heterocycles. The molecule has 1 fully saturated rings. The van der Waals surface area contributed by atoms with E-state index in [-0.39, 0.29) is 12.8 Å². The molecular weight excluding hydrogens is 972 g/mol. The van der Waals surface area contributed by atoms with Crippen LogP contribution in [0.25, 0.3) is 0 Å². The van der Waals surface area contributed by atoms with E-state index in [1.165, 1.54) is 180 Å². The van der Waals surface area contributed by atoms with Crippen molar-refractivity contribution in [2.24, 2.45) is 0 Å². The summed E-state index contributed by atoms with van der Waals surface area (Å²) in [6, 6.07) is 0. The predicted octanol–water partition coefficient (Wildman–Crippen LogP) is 14.6. The van der Waals surface area contributed by atoms with Gasteiger partial charge in [-0.1, -0.05) is 229 Å². The van der Waals surface area contributed by atoms with Crippen molar-refractivity contribution in [3.05, 3.63) is 48.6 Å². The zero-order valence-corrected chi connectivity index (χ0v) is 48.2. The molecule has 75 heavy (non-hydrogen) atoms. The largest absolute Gasteiger partial charge is 0.472 e. The molecule has 0 spiro atoms. The monoisotopic (exact) mass is 1080 g/mol. The number of hydrogen-bond acceptors (Lipinski definition) is 12. The van der Waals surface area contributed by atoms with Crippen LogP contribution in [0.5, 0.6) is 0 Å². The van der Waals surface area contributed by atoms with E-state index in [0.717, 1.165) is 38.5 Å². The first kappa shape index (κ1) is 70.8. The number of hydrogen-bond donors (Lipinski definition) is 6. The number of rotatable bonds is 52. The Bertz CT molecular complexity index is 1490. The Labute approximate surface area is 456 Å². The number of carbonyl (C=O) groups excluding carboxylic acids is 2. The molecule has 14 heteroatoms. The molecule has 438 valence electrons. The molecule has 0 aliphatic heterocycles. The summed E-state index contributed by atoms with van der Waals surface area (Å²) in [5.41, 5.74) is 0. The lowest BCUT2D eigenvalue weighted by molar-refractivity contribution is -0.220. The minimum atomic E-state index is -5.15. The zero-order chi connectivity index (χ0) is 54.9. The SMILES string of the molecule is CCCCCCCCCCCCCCCC/C=C/CC/C=C/CCCC(=O)OC[C@@H](COP(=O)(O)OC1C(O)C(O)C(O)[C@H](O)C1O)OC(=O)CCC/C=C/CC/C=C/CCCCCCCCCCCCCCCC. The van der Waals surface area contributed by atoms with Crippen LogP contribution in [0.4, 0.5) is 0 Å². The molecule has 1 aliphatic rings. The van der Waals surface area contributed by atoms with Crippen LogP contribution in [-0.2, 0) is 32.7 Å². The van der Waals surface area contributed by atoms with E-state index in [0.29, 0.717) is 25.7 Å². The number of esters is 2. The maximum Gasteiger partial charge on any atom is 0.472 e. The highest BCUT2D eigenvalue weighted by atomic mass is 31.2. The van der Waals surface area contributed by atoms with Crippen LogP contribution in [0.1, 0.15) is 271 Å². The Morgan fingerprint density at radius 1 is 0.400 bits per heavy atom. The predicted molar refractivity (Wildman–Crippen MR) is 304 cm³/mol. The van der Waals surface area contributed by atoms with Crippen molar-refractivity contribution in [2.75, 3.05) is 13.2 Å². The van der Waals surface area contributed by atoms with Crippen molar-refractivity contribution >= 4 is 19.8 Å². The van der Waals surface area contributed by atoms with E-state index in [1.54, 1.807) is 0 Å². The third-order valence-corrected chi connectivity index (χ3v) is 15.1. The summed E-state index contributed by atoms with van der Waals surface area (Å²) in [6.07, 6.45) is 50.5. The topological polar surface area (TPSA) is 210 Å². The molecule has 1 aliphatic carbocycles. The standard InChI is InChI=1S/C61H111O13P/c1-3-5-7-9-11-13-15-17-19-21-23-25-27-29-31-33-35-37-39-41-43-45-47-49-54(62)71-51-53(52-72-75(69,70)74-61-59(67)57(65)56(64)58(66)60(61)68)73-55(63)50-48-46-44-42-40-38-36-34-32-30-28-26-24-22-20-18-16-14-12-10-8-6-4-2/h33-36,41-44,53,56-61,64-68H,3-32,37-40,45-52H2,1-2H3,(H,69,70)/b35-33+,36-34+,43-41+,44-42+/t53-,56?,57-,58?,59?,60?,61?/m0/s1. The smallest absolute Gasteiger partial charge is 0.462 e. The van der Waals surface area contributed by atoms with Crippen molar-refractivity contribution in [3.8, 4) is 0 Å². The van der Waals surface area contributed by atoms with Gasteiger partial charge in [-0.05, 0) is 77.0 Å². The maximum atomic E-state index is 12.9. The Morgan fingerprint density at radius 3 is 1.05 bits per heavy atom. The summed E-state index contributed by atoms with van der Waals surface area (Å²) >= 11 is 0. The average molecular weight is 1080 g/mol. The zero-order valence-electron chi connectivity index (χ0n) is 47.3. The van der Waals surface area contributed by atoms with Gasteiger partial charge in [-0.3, -0.25) is 18.6 Å². The normalized spacial score (nSPS) is 20.5. The summed E-state index contributed by atoms with van der Waals surface area (Å²) in [5, 5.41) is 50.4. The van der Waals surface area contributed by atoms with E-state index < -0.39 is 75.7 Å². The summed E-state index contributed by atoms with van der Waals surface area (Å²) in [4.78, 5) is 36.0. The van der Waals surface area contributed by atoms with E-state index in [1.807, 2.05) is 12.2 Å². The van der Waals surface area contributed by atoms with Crippen molar-refractivity contribution in [2.45, 2.75) is 313 Å². The molecule has 8 atom stereocenters. The maximum absolute atomic E-state index is 12.9. The molecule has 0 radical (unpaired) electrons. The second kappa shape index (κ2) is 50.1. The van der Waals surface area contributed by atoms with Gasteiger partial charge in [-0.25, -0.2) is 4.57 Å². The quantitative estimate of drug-likeness (QED) is 0.0145. The van der Waals surface area contributed by atoms with Crippen LogP contribution >= 0.6 is 7.82 Å². The lowest BCUT2D eigenvalue weighted by Gasteiger charge is -2.41. The molecule has 1 saturated carbocycles. The third kappa shape index (κ3) is 41.5. The highest BCUT2D eigenvalue weighted by molar-refractivity contribution is 7.47. The number of ether oxygens (including phenoxy) is 2. The van der Waals surface area contributed by atoms with Gasteiger partial charge in [0.15, 0.2) is 6.10 Å². The van der Waals surface area contributed by atoms with Crippen LogP contribution in [0, 0.1) is 0 Å². The summed E-state index contributed by atoms with van der Waals surface area (Å²) in [7, 11) is -5.15. The molecule has 0 aromatic heterocycles. The lowest BCUT2D eigenvalue weighted by atomic mass is 9.85. The molecule has 0 aromatic rings. The third-order valence-electron chi connectivity index (χ3n) is 14.1. The number of allylic oxidation sites excluding steroid dienone is 8. The van der Waals surface area contributed by atoms with Gasteiger partial charge < -0.3 is 39.9 Å². The van der Waals surface area contributed by atoms with Crippen LogP contribution in [0.2, 0.25) is 0 Å². The highest BCUT2D eigenvalue weighted by Gasteiger charge is 2.51. The van der Waals surface area contributed by atoms with Gasteiger partial charge in [0.25, 0.3) is 0 Å². The molecule has 0 saturated heterocycles. The molecule has 0 amide bonds. The van der Waals surface area contributed by atoms with Gasteiger partial charge in [0, 0.05) is 12.8 Å². The molecular formula is C61H111O13P. The molecule has 0 aromatic carbocycles. The fraction of sp³-hybridized carbons (Fsp3) is 0.836. The van der Waals surface area contributed by atoms with Gasteiger partial charge in [-0.2, -0.15) is 0 Å². The summed E-state index contributed by atoms with van der Waals surface area (Å²) in [5.74, 6) is -1.19. The number of carbonyl (C=O) groups is 2. The second-order valence-electron chi connectivity index (χ2n) is 21.2. The number of unbranched alkanes of at least 4 members (excludes halogenated alkanes) is 32. The van der Waals surface area contributed by atoms with Crippen molar-refractivity contribution in [3.63, 3.8) is 0 Å². The van der Waals surface area contributed by atoms with E-state index in [2.05, 4.69) is 50.3 Å². The first-order chi connectivity index (χ1) is 36.4. The molecule has 13 nitrogen and oxygen atoms in total. The van der Waals surface area contributed by atoms with Gasteiger partial charge in [0.05, 0.1) is 6.61 Å². The van der Waals surface area contributed by atoms with Gasteiger partial charge in [-0.15, -0.1) is 0 Å². The van der Waals surface area contributed by atoms with Crippen LogP contribution < -0.4 is 0 Å². The van der Waals surface area contributed by atoms with Crippen LogP contribution in [0.15, 0.2) is 48.6 Å². The fourth-order valence-corrected chi connectivity index (χ4v) is 10.2. The minimum Gasteiger partial charge on any atom is -0.462 e. The molecule has 6 unspecified atom stereocenters. The van der Waals surface area contributed by atoms with Crippen molar-refractivity contribution in [1.82, 2.24) is 0 Å². The van der Waals surface area contributed by atoms with Crippen LogP contribution in [0.3, 0.4) is 0 Å². The van der Waals surface area contributed by atoms with E-state index in [4.69, 9.17) is 18.5 Å². The van der Waals surface area contributed by atoms with Gasteiger partial charge in [0.1, 0.15) is 43.2 Å². The first-order valence-corrected chi connectivity index (χ1v) is 31.9. The van der Waals surface area contributed by atoms with Crippen molar-refractivity contribution < 1.29 is 63.1 Å². The number of phosphoric ester groups is 1. The summed E-state index contributed by atoms with van der Waals surface area (Å²) in [6.45, 7) is 3.30. The van der Waals surface area contributed by atoms with E-state index in [9.17, 15) is 44.6 Å². The summed E-state index contributed by atoms with van der Waals surface area (Å²) < 4.78 is 33.7. The number of aliphatic hydroxyl groups is 5. The first-order valence-electron chi connectivity index (χ1n) is 30.4. The van der Waals surface area contributed by atoms with Crippen LogP contribution in [-0.4, -0.2) is 98.3 Å². The van der Waals surface area contributed by atoms with Gasteiger partial charge >= 0.3 is 19.8 Å². The Hall–Kier alpha value is -2.19. The minimum absolute atomic E-state index is 0.0291. The second-order valence-corrected chi connectivity index (χ2v) is 22.6. The van der Waals surface area contributed by atoms with E-state index >= 15 is 0 Å². The Kier molecular flexibility index (Phi) is 47.3. The molecule has 1 rings (SSSR count).